The molecule has 1 atom stereocenters. The second-order valence-corrected chi connectivity index (χ2v) is 8.00. The number of ether oxygens (including phenoxy) is 2. The Labute approximate surface area is 179 Å². The van der Waals surface area contributed by atoms with Crippen LogP contribution in [-0.2, 0) is 7.05 Å². The lowest BCUT2D eigenvalue weighted by Gasteiger charge is -2.23. The minimum atomic E-state index is 0.255. The molecule has 9 heteroatoms. The van der Waals surface area contributed by atoms with Gasteiger partial charge in [-0.2, -0.15) is 14.7 Å². The fraction of sp³-hybridized carbons (Fsp3) is 0.318. The monoisotopic (exact) mass is 417 g/mol. The molecular weight excluding hydrogens is 394 g/mol. The molecule has 9 nitrogen and oxygen atoms in total. The summed E-state index contributed by atoms with van der Waals surface area (Å²) >= 11 is 0. The van der Waals surface area contributed by atoms with Gasteiger partial charge in [-0.05, 0) is 31.5 Å². The number of nitrogens with one attached hydrogen (secondary N) is 2. The molecule has 31 heavy (non-hydrogen) atoms. The van der Waals surface area contributed by atoms with E-state index in [1.165, 1.54) is 0 Å². The number of anilines is 2. The first-order chi connectivity index (χ1) is 15.2. The van der Waals surface area contributed by atoms with E-state index in [1.54, 1.807) is 4.68 Å². The van der Waals surface area contributed by atoms with Gasteiger partial charge in [0.1, 0.15) is 5.82 Å². The van der Waals surface area contributed by atoms with Crippen molar-refractivity contribution < 1.29 is 9.47 Å². The molecule has 0 spiro atoms. The minimum absolute atomic E-state index is 0.255. The lowest BCUT2D eigenvalue weighted by molar-refractivity contribution is 0.174. The molecule has 0 bridgehead atoms. The number of hydrogen-bond acceptors (Lipinski definition) is 7. The zero-order valence-electron chi connectivity index (χ0n) is 17.2. The normalized spacial score (nSPS) is 17.9. The van der Waals surface area contributed by atoms with Gasteiger partial charge in [-0.15, -0.1) is 0 Å². The molecule has 2 aliphatic rings. The van der Waals surface area contributed by atoms with Crippen LogP contribution in [0.5, 0.6) is 11.5 Å². The van der Waals surface area contributed by atoms with Crippen molar-refractivity contribution in [2.45, 2.75) is 18.8 Å². The number of piperidine rings is 1. The van der Waals surface area contributed by atoms with Crippen molar-refractivity contribution in [3.05, 3.63) is 48.5 Å². The van der Waals surface area contributed by atoms with E-state index in [2.05, 4.69) is 26.9 Å². The third-order valence-electron chi connectivity index (χ3n) is 5.87. The predicted octanol–water partition coefficient (Wildman–Crippen LogP) is 3.07. The van der Waals surface area contributed by atoms with E-state index in [0.29, 0.717) is 5.92 Å². The van der Waals surface area contributed by atoms with E-state index >= 15 is 0 Å². The van der Waals surface area contributed by atoms with Crippen molar-refractivity contribution in [2.24, 2.45) is 7.05 Å². The van der Waals surface area contributed by atoms with Crippen LogP contribution in [0.2, 0.25) is 0 Å². The summed E-state index contributed by atoms with van der Waals surface area (Å²) in [5.41, 5.74) is 4.75. The van der Waals surface area contributed by atoms with Crippen molar-refractivity contribution in [3.8, 4) is 22.6 Å². The van der Waals surface area contributed by atoms with Gasteiger partial charge in [0.25, 0.3) is 0 Å². The molecule has 1 aromatic carbocycles. The quantitative estimate of drug-likeness (QED) is 0.527. The van der Waals surface area contributed by atoms with Gasteiger partial charge in [-0.25, -0.2) is 4.98 Å². The second-order valence-electron chi connectivity index (χ2n) is 8.00. The van der Waals surface area contributed by atoms with Gasteiger partial charge in [0.15, 0.2) is 17.1 Å². The maximum absolute atomic E-state index is 5.53. The molecular formula is C22H23N7O2. The van der Waals surface area contributed by atoms with Crippen LogP contribution in [0.25, 0.3) is 16.8 Å². The summed E-state index contributed by atoms with van der Waals surface area (Å²) in [7, 11) is 1.91. The summed E-state index contributed by atoms with van der Waals surface area (Å²) < 4.78 is 14.6. The average molecular weight is 417 g/mol. The van der Waals surface area contributed by atoms with Crippen LogP contribution in [0.3, 0.4) is 0 Å². The van der Waals surface area contributed by atoms with Crippen LogP contribution in [0.4, 0.5) is 11.5 Å². The lowest BCUT2D eigenvalue weighted by Crippen LogP contribution is -2.29. The summed E-state index contributed by atoms with van der Waals surface area (Å²) in [5.74, 6) is 2.73. The highest BCUT2D eigenvalue weighted by Crippen LogP contribution is 2.36. The number of benzene rings is 1. The first-order valence-corrected chi connectivity index (χ1v) is 10.5. The molecule has 158 valence electrons. The van der Waals surface area contributed by atoms with Crippen LogP contribution in [0, 0.1) is 0 Å². The highest BCUT2D eigenvalue weighted by molar-refractivity contribution is 5.78. The Morgan fingerprint density at radius 2 is 2.06 bits per heavy atom. The fourth-order valence-electron chi connectivity index (χ4n) is 4.27. The van der Waals surface area contributed by atoms with Crippen LogP contribution < -0.4 is 20.1 Å². The fourth-order valence-corrected chi connectivity index (χ4v) is 4.27. The molecule has 2 aliphatic heterocycles. The van der Waals surface area contributed by atoms with E-state index in [-0.39, 0.29) is 6.79 Å². The van der Waals surface area contributed by atoms with Gasteiger partial charge in [0.2, 0.25) is 6.79 Å². The number of aryl methyl sites for hydroxylation is 1. The first-order valence-electron chi connectivity index (χ1n) is 10.5. The Kier molecular flexibility index (Phi) is 4.27. The number of hydrogen-bond donors (Lipinski definition) is 2. The van der Waals surface area contributed by atoms with Gasteiger partial charge in [-0.3, -0.25) is 4.68 Å². The maximum Gasteiger partial charge on any atom is 0.231 e. The number of aromatic nitrogens is 5. The van der Waals surface area contributed by atoms with Crippen LogP contribution >= 0.6 is 0 Å². The van der Waals surface area contributed by atoms with Crippen molar-refractivity contribution in [2.75, 3.05) is 25.2 Å². The molecule has 1 saturated heterocycles. The molecule has 2 N–H and O–H groups in total. The van der Waals surface area contributed by atoms with Crippen LogP contribution in [-0.4, -0.2) is 44.3 Å². The van der Waals surface area contributed by atoms with E-state index in [1.807, 2.05) is 48.4 Å². The standard InChI is InChI=1S/C22H23N7O2/c1-28-12-15(10-24-28)17-11-25-29-21(26-16-4-5-19-20(7-16)31-13-30-19)8-18(27-22(17)29)14-3-2-6-23-9-14/h4-5,7-8,10-12,14,23,26H,2-3,6,9,13H2,1H3. The molecule has 0 amide bonds. The predicted molar refractivity (Wildman–Crippen MR) is 116 cm³/mol. The van der Waals surface area contributed by atoms with Gasteiger partial charge in [0.05, 0.1) is 18.1 Å². The molecule has 4 aromatic rings. The van der Waals surface area contributed by atoms with E-state index in [4.69, 9.17) is 14.5 Å². The molecule has 0 aliphatic carbocycles. The molecule has 3 aromatic heterocycles. The summed E-state index contributed by atoms with van der Waals surface area (Å²) in [4.78, 5) is 5.04. The highest BCUT2D eigenvalue weighted by atomic mass is 16.7. The number of rotatable bonds is 4. The Morgan fingerprint density at radius 1 is 1.13 bits per heavy atom. The molecule has 6 rings (SSSR count). The maximum atomic E-state index is 5.53. The largest absolute Gasteiger partial charge is 0.454 e. The average Bonchev–Trinajstić information content (AvgIpc) is 3.53. The summed E-state index contributed by atoms with van der Waals surface area (Å²) in [5, 5.41) is 16.0. The number of nitrogens with zero attached hydrogens (tertiary/aromatic N) is 5. The van der Waals surface area contributed by atoms with E-state index < -0.39 is 0 Å². The summed E-state index contributed by atoms with van der Waals surface area (Å²) in [6, 6.07) is 7.95. The SMILES string of the molecule is Cn1cc(-c2cnn3c(Nc4ccc5c(c4)OCO5)cc(C4CCCNC4)nc23)cn1. The van der Waals surface area contributed by atoms with E-state index in [0.717, 1.165) is 71.4 Å². The van der Waals surface area contributed by atoms with Crippen molar-refractivity contribution >= 4 is 17.2 Å². The van der Waals surface area contributed by atoms with Gasteiger partial charge in [-0.1, -0.05) is 0 Å². The molecule has 0 radical (unpaired) electrons. The van der Waals surface area contributed by atoms with Crippen molar-refractivity contribution in [1.82, 2.24) is 29.7 Å². The third-order valence-corrected chi connectivity index (χ3v) is 5.87. The summed E-state index contributed by atoms with van der Waals surface area (Å²) in [6.45, 7) is 2.25. The first kappa shape index (κ1) is 18.2. The molecule has 1 unspecified atom stereocenters. The zero-order chi connectivity index (χ0) is 20.8. The Bertz CT molecular complexity index is 1260. The van der Waals surface area contributed by atoms with Crippen molar-refractivity contribution in [1.29, 1.82) is 0 Å². The molecule has 5 heterocycles. The number of fused-ring (bicyclic) bond motifs is 2. The molecule has 0 saturated carbocycles. The van der Waals surface area contributed by atoms with Crippen molar-refractivity contribution in [3.63, 3.8) is 0 Å². The van der Waals surface area contributed by atoms with Gasteiger partial charge in [0, 0.05) is 54.7 Å². The van der Waals surface area contributed by atoms with Crippen LogP contribution in [0.1, 0.15) is 24.5 Å². The zero-order valence-corrected chi connectivity index (χ0v) is 17.2. The Morgan fingerprint density at radius 3 is 2.90 bits per heavy atom. The minimum Gasteiger partial charge on any atom is -0.454 e. The third kappa shape index (κ3) is 3.27. The van der Waals surface area contributed by atoms with Gasteiger partial charge < -0.3 is 20.1 Å². The van der Waals surface area contributed by atoms with Crippen LogP contribution in [0.15, 0.2) is 42.9 Å². The second kappa shape index (κ2) is 7.28. The Balaban J connectivity index is 1.46. The van der Waals surface area contributed by atoms with Gasteiger partial charge >= 0.3 is 0 Å². The Hall–Kier alpha value is -3.59. The smallest absolute Gasteiger partial charge is 0.231 e. The topological polar surface area (TPSA) is 90.5 Å². The lowest BCUT2D eigenvalue weighted by atomic mass is 9.96. The highest BCUT2D eigenvalue weighted by Gasteiger charge is 2.21. The molecule has 1 fully saturated rings. The summed E-state index contributed by atoms with van der Waals surface area (Å²) in [6.07, 6.45) is 7.96. The van der Waals surface area contributed by atoms with E-state index in [9.17, 15) is 0 Å².